The first kappa shape index (κ1) is 20.2. The molecule has 2 aromatic rings. The first-order valence-corrected chi connectivity index (χ1v) is 10.1. The number of likely N-dealkylation sites (tertiary alicyclic amines) is 1. The van der Waals surface area contributed by atoms with Gasteiger partial charge in [0.25, 0.3) is 11.8 Å². The maximum absolute atomic E-state index is 13.3. The summed E-state index contributed by atoms with van der Waals surface area (Å²) in [6.45, 7) is 0.768. The molecule has 2 aliphatic rings. The zero-order valence-corrected chi connectivity index (χ0v) is 17.3. The van der Waals surface area contributed by atoms with Crippen molar-refractivity contribution in [3.05, 3.63) is 64.7 Å². The number of hydrogen-bond donors (Lipinski definition) is 1. The molecule has 1 spiro atoms. The highest BCUT2D eigenvalue weighted by Crippen LogP contribution is 2.31. The van der Waals surface area contributed by atoms with E-state index in [4.69, 9.17) is 16.3 Å². The van der Waals surface area contributed by atoms with Crippen LogP contribution in [0.2, 0.25) is 5.02 Å². The summed E-state index contributed by atoms with van der Waals surface area (Å²) in [5, 5.41) is 3.39. The monoisotopic (exact) mass is 427 g/mol. The van der Waals surface area contributed by atoms with Gasteiger partial charge in [-0.3, -0.25) is 14.5 Å². The van der Waals surface area contributed by atoms with E-state index < -0.39 is 11.6 Å². The Labute approximate surface area is 179 Å². The van der Waals surface area contributed by atoms with Crippen molar-refractivity contribution in [2.45, 2.75) is 24.9 Å². The molecule has 8 heteroatoms. The molecular weight excluding hydrogens is 406 g/mol. The van der Waals surface area contributed by atoms with Crippen molar-refractivity contribution in [1.82, 2.24) is 15.1 Å². The van der Waals surface area contributed by atoms with Crippen LogP contribution in [0.4, 0.5) is 4.79 Å². The number of para-hydroxylation sites is 1. The largest absolute Gasteiger partial charge is 0.496 e. The van der Waals surface area contributed by atoms with Crippen LogP contribution < -0.4 is 10.1 Å². The molecule has 7 nitrogen and oxygen atoms in total. The van der Waals surface area contributed by atoms with Crippen LogP contribution in [0.15, 0.2) is 48.5 Å². The zero-order chi connectivity index (χ0) is 21.3. The average Bonchev–Trinajstić information content (AvgIpc) is 2.97. The molecule has 0 aromatic heterocycles. The van der Waals surface area contributed by atoms with Gasteiger partial charge in [-0.15, -0.1) is 0 Å². The number of hydrogen-bond acceptors (Lipinski definition) is 4. The van der Waals surface area contributed by atoms with Gasteiger partial charge < -0.3 is 15.0 Å². The molecule has 156 valence electrons. The van der Waals surface area contributed by atoms with E-state index in [1.165, 1.54) is 12.0 Å². The Morgan fingerprint density at radius 3 is 2.77 bits per heavy atom. The topological polar surface area (TPSA) is 79.0 Å². The predicted octanol–water partition coefficient (Wildman–Crippen LogP) is 3.08. The first-order valence-electron chi connectivity index (χ1n) is 9.74. The van der Waals surface area contributed by atoms with Gasteiger partial charge in [-0.2, -0.15) is 0 Å². The summed E-state index contributed by atoms with van der Waals surface area (Å²) in [4.78, 5) is 41.8. The van der Waals surface area contributed by atoms with Crippen molar-refractivity contribution in [2.75, 3.05) is 20.2 Å². The third-order valence-electron chi connectivity index (χ3n) is 5.59. The summed E-state index contributed by atoms with van der Waals surface area (Å²) in [5.41, 5.74) is 0.0939. The number of piperidine rings is 1. The third-order valence-corrected chi connectivity index (χ3v) is 5.83. The Bertz CT molecular complexity index is 1010. The van der Waals surface area contributed by atoms with Gasteiger partial charge in [-0.25, -0.2) is 4.79 Å². The fourth-order valence-electron chi connectivity index (χ4n) is 4.13. The maximum Gasteiger partial charge on any atom is 0.325 e. The minimum atomic E-state index is -1.11. The van der Waals surface area contributed by atoms with Gasteiger partial charge in [0, 0.05) is 11.6 Å². The lowest BCUT2D eigenvalue weighted by Crippen LogP contribution is -2.59. The highest BCUT2D eigenvalue weighted by atomic mass is 35.5. The summed E-state index contributed by atoms with van der Waals surface area (Å²) in [7, 11) is 1.51. The molecule has 0 saturated carbocycles. The number of nitrogens with one attached hydrogen (secondary N) is 1. The summed E-state index contributed by atoms with van der Waals surface area (Å²) in [6.07, 6.45) is 1.09. The Hall–Kier alpha value is -3.06. The number of halogens is 1. The lowest BCUT2D eigenvalue weighted by Gasteiger charge is -2.38. The molecule has 0 aliphatic carbocycles. The minimum Gasteiger partial charge on any atom is -0.496 e. The van der Waals surface area contributed by atoms with E-state index >= 15 is 0 Å². The lowest BCUT2D eigenvalue weighted by molar-refractivity contribution is -0.133. The number of urea groups is 1. The number of carbonyl (C=O) groups is 3. The minimum absolute atomic E-state index is 0.125. The van der Waals surface area contributed by atoms with Crippen LogP contribution in [0, 0.1) is 0 Å². The van der Waals surface area contributed by atoms with Crippen LogP contribution >= 0.6 is 11.6 Å². The number of methoxy groups -OCH3 is 1. The number of benzene rings is 2. The fourth-order valence-corrected chi connectivity index (χ4v) is 4.35. The van der Waals surface area contributed by atoms with Gasteiger partial charge in [0.05, 0.1) is 25.8 Å². The summed E-state index contributed by atoms with van der Waals surface area (Å²) < 4.78 is 5.30. The Morgan fingerprint density at radius 1 is 1.20 bits per heavy atom. The summed E-state index contributed by atoms with van der Waals surface area (Å²) in [6, 6.07) is 13.6. The van der Waals surface area contributed by atoms with E-state index in [2.05, 4.69) is 5.32 Å². The van der Waals surface area contributed by atoms with Crippen LogP contribution in [0.25, 0.3) is 0 Å². The molecule has 4 rings (SSSR count). The van der Waals surface area contributed by atoms with Crippen molar-refractivity contribution < 1.29 is 19.1 Å². The molecule has 2 aromatic carbocycles. The van der Waals surface area contributed by atoms with Crippen LogP contribution in [-0.4, -0.2) is 53.4 Å². The van der Waals surface area contributed by atoms with E-state index in [1.807, 2.05) is 6.07 Å². The number of carbonyl (C=O) groups excluding carboxylic acids is 3. The quantitative estimate of drug-likeness (QED) is 0.760. The molecule has 0 bridgehead atoms. The van der Waals surface area contributed by atoms with Crippen LogP contribution in [-0.2, 0) is 11.3 Å². The fraction of sp³-hybridized carbons (Fsp3) is 0.318. The Morgan fingerprint density at radius 2 is 2.00 bits per heavy atom. The van der Waals surface area contributed by atoms with Gasteiger partial charge in [-0.05, 0) is 42.7 Å². The molecule has 2 fully saturated rings. The lowest BCUT2D eigenvalue weighted by atomic mass is 9.88. The van der Waals surface area contributed by atoms with Gasteiger partial charge in [0.15, 0.2) is 0 Å². The SMILES string of the molecule is COc1ccccc1C(=O)N1CCC[C@@]2(C1)NC(=O)N(Cc1cccc(Cl)c1)C2=O. The van der Waals surface area contributed by atoms with Crippen LogP contribution in [0.5, 0.6) is 5.75 Å². The van der Waals surface area contributed by atoms with Crippen molar-refractivity contribution in [1.29, 1.82) is 0 Å². The van der Waals surface area contributed by atoms with E-state index in [0.29, 0.717) is 35.7 Å². The molecule has 0 unspecified atom stereocenters. The zero-order valence-electron chi connectivity index (χ0n) is 16.6. The van der Waals surface area contributed by atoms with Gasteiger partial charge in [-0.1, -0.05) is 35.9 Å². The molecule has 0 radical (unpaired) electrons. The van der Waals surface area contributed by atoms with Crippen molar-refractivity contribution in [3.63, 3.8) is 0 Å². The van der Waals surface area contributed by atoms with Gasteiger partial charge >= 0.3 is 6.03 Å². The van der Waals surface area contributed by atoms with E-state index in [0.717, 1.165) is 5.56 Å². The maximum atomic E-state index is 13.3. The number of imide groups is 1. The molecule has 1 atom stereocenters. The van der Waals surface area contributed by atoms with E-state index in [9.17, 15) is 14.4 Å². The third kappa shape index (κ3) is 3.61. The van der Waals surface area contributed by atoms with Crippen molar-refractivity contribution in [3.8, 4) is 5.75 Å². The molecule has 2 saturated heterocycles. The second-order valence-electron chi connectivity index (χ2n) is 7.56. The number of nitrogens with zero attached hydrogens (tertiary/aromatic N) is 2. The highest BCUT2D eigenvalue weighted by molar-refractivity contribution is 6.30. The first-order chi connectivity index (χ1) is 14.4. The van der Waals surface area contributed by atoms with E-state index in [1.54, 1.807) is 47.4 Å². The smallest absolute Gasteiger partial charge is 0.325 e. The molecular formula is C22H22ClN3O4. The number of ether oxygens (including phenoxy) is 1. The van der Waals surface area contributed by atoms with Crippen LogP contribution in [0.3, 0.4) is 0 Å². The average molecular weight is 428 g/mol. The second kappa shape index (κ2) is 7.99. The molecule has 1 N–H and O–H groups in total. The second-order valence-corrected chi connectivity index (χ2v) is 8.00. The molecule has 4 amide bonds. The van der Waals surface area contributed by atoms with Crippen molar-refractivity contribution >= 4 is 29.4 Å². The van der Waals surface area contributed by atoms with Gasteiger partial charge in [0.2, 0.25) is 0 Å². The standard InChI is InChI=1S/C22H22ClN3O4/c1-30-18-9-3-2-8-17(18)19(27)25-11-5-10-22(14-25)20(28)26(21(29)24-22)13-15-6-4-7-16(23)12-15/h2-4,6-9,12H,5,10-11,13-14H2,1H3,(H,24,29)/t22-/m0/s1. The Balaban J connectivity index is 1.55. The number of amides is 4. The highest BCUT2D eigenvalue weighted by Gasteiger charge is 2.53. The normalized spacial score (nSPS) is 21.1. The van der Waals surface area contributed by atoms with Gasteiger partial charge in [0.1, 0.15) is 11.3 Å². The summed E-state index contributed by atoms with van der Waals surface area (Å²) in [5.74, 6) is -0.0571. The molecule has 2 aliphatic heterocycles. The molecule has 2 heterocycles. The van der Waals surface area contributed by atoms with Crippen LogP contribution in [0.1, 0.15) is 28.8 Å². The summed E-state index contributed by atoms with van der Waals surface area (Å²) >= 11 is 6.02. The number of rotatable bonds is 4. The predicted molar refractivity (Wildman–Crippen MR) is 111 cm³/mol. The van der Waals surface area contributed by atoms with Crippen molar-refractivity contribution in [2.24, 2.45) is 0 Å². The Kier molecular flexibility index (Phi) is 5.39. The van der Waals surface area contributed by atoms with E-state index in [-0.39, 0.29) is 24.9 Å². The molecule has 30 heavy (non-hydrogen) atoms.